The maximum Gasteiger partial charge on any atom is 0.339 e. The summed E-state index contributed by atoms with van der Waals surface area (Å²) in [6.45, 7) is 5.62. The highest BCUT2D eigenvalue weighted by Crippen LogP contribution is 2.39. The third kappa shape index (κ3) is 2.65. The van der Waals surface area contributed by atoms with Crippen molar-refractivity contribution in [3.63, 3.8) is 0 Å². The van der Waals surface area contributed by atoms with Gasteiger partial charge in [-0.25, -0.2) is 4.79 Å². The molecule has 7 nitrogen and oxygen atoms in total. The lowest BCUT2D eigenvalue weighted by Gasteiger charge is -2.14. The van der Waals surface area contributed by atoms with Crippen LogP contribution in [0.2, 0.25) is 0 Å². The molecule has 0 bridgehead atoms. The van der Waals surface area contributed by atoms with E-state index < -0.39 is 0 Å². The van der Waals surface area contributed by atoms with Gasteiger partial charge in [-0.2, -0.15) is 5.10 Å². The molecule has 7 heteroatoms. The van der Waals surface area contributed by atoms with Crippen LogP contribution in [-0.2, 0) is 0 Å². The molecule has 3 heterocycles. The van der Waals surface area contributed by atoms with Crippen LogP contribution in [0.15, 0.2) is 38.6 Å². The summed E-state index contributed by atoms with van der Waals surface area (Å²) in [5.41, 5.74) is 7.63. The highest BCUT2D eigenvalue weighted by atomic mass is 16.7. The molecule has 2 N–H and O–H groups in total. The average molecular weight is 392 g/mol. The van der Waals surface area contributed by atoms with Crippen molar-refractivity contribution < 1.29 is 19.0 Å². The molecule has 0 saturated heterocycles. The molecular formula is C22H20N2O5. The van der Waals surface area contributed by atoms with Gasteiger partial charge in [-0.15, -0.1) is 0 Å². The summed E-state index contributed by atoms with van der Waals surface area (Å²) in [4.78, 5) is 12.0. The zero-order chi connectivity index (χ0) is 20.3. The molecule has 29 heavy (non-hydrogen) atoms. The minimum atomic E-state index is -0.385. The predicted molar refractivity (Wildman–Crippen MR) is 108 cm³/mol. The molecule has 5 rings (SSSR count). The molecule has 0 spiro atoms. The van der Waals surface area contributed by atoms with E-state index >= 15 is 0 Å². The van der Waals surface area contributed by atoms with E-state index in [1.165, 1.54) is 0 Å². The number of hydrogen-bond donors (Lipinski definition) is 2. The topological polar surface area (TPSA) is 93.3 Å². The molecule has 2 aliphatic heterocycles. The Morgan fingerprint density at radius 3 is 2.72 bits per heavy atom. The Kier molecular flexibility index (Phi) is 3.81. The fourth-order valence-electron chi connectivity index (χ4n) is 4.01. The number of rotatable bonds is 2. The van der Waals surface area contributed by atoms with Crippen LogP contribution in [0, 0.1) is 20.8 Å². The molecule has 148 valence electrons. The fourth-order valence-corrected chi connectivity index (χ4v) is 4.01. The Balaban J connectivity index is 1.54. The van der Waals surface area contributed by atoms with E-state index in [1.807, 2.05) is 32.0 Å². The molecule has 3 aromatic rings. The van der Waals surface area contributed by atoms with E-state index in [2.05, 4.69) is 10.5 Å². The second-order valence-corrected chi connectivity index (χ2v) is 7.49. The monoisotopic (exact) mass is 392 g/mol. The number of hydrazone groups is 1. The number of hydrogen-bond acceptors (Lipinski definition) is 7. The summed E-state index contributed by atoms with van der Waals surface area (Å²) >= 11 is 0. The van der Waals surface area contributed by atoms with Crippen molar-refractivity contribution in [2.24, 2.45) is 5.10 Å². The van der Waals surface area contributed by atoms with Gasteiger partial charge in [-0.05, 0) is 55.7 Å². The van der Waals surface area contributed by atoms with Crippen LogP contribution < -0.4 is 20.5 Å². The van der Waals surface area contributed by atoms with Crippen molar-refractivity contribution in [3.05, 3.63) is 62.5 Å². The molecule has 2 aromatic carbocycles. The summed E-state index contributed by atoms with van der Waals surface area (Å²) in [6, 6.07) is 7.58. The molecule has 0 amide bonds. The zero-order valence-corrected chi connectivity index (χ0v) is 16.3. The average Bonchev–Trinajstić information content (AvgIpc) is 3.34. The van der Waals surface area contributed by atoms with Crippen molar-refractivity contribution in [1.82, 2.24) is 5.43 Å². The van der Waals surface area contributed by atoms with Gasteiger partial charge in [0, 0.05) is 17.5 Å². The standard InChI is InChI=1S/C22H20N2O5/c1-10-6-18-20(11(2)12(3)22(26)29-18)21(25)19(10)15-8-14(23-24-15)13-4-5-16-17(7-13)28-9-27-16/h4-7,14,23,25H,8-9H2,1-3H3/t14-/m1/s1. The predicted octanol–water partition coefficient (Wildman–Crippen LogP) is 3.59. The van der Waals surface area contributed by atoms with Gasteiger partial charge in [0.1, 0.15) is 11.3 Å². The van der Waals surface area contributed by atoms with Gasteiger partial charge in [0.2, 0.25) is 6.79 Å². The van der Waals surface area contributed by atoms with Crippen LogP contribution >= 0.6 is 0 Å². The first kappa shape index (κ1) is 17.6. The first-order chi connectivity index (χ1) is 13.9. The number of ether oxygens (including phenoxy) is 2. The van der Waals surface area contributed by atoms with E-state index in [4.69, 9.17) is 13.9 Å². The molecule has 0 radical (unpaired) electrons. The van der Waals surface area contributed by atoms with Crippen LogP contribution in [0.25, 0.3) is 11.0 Å². The number of fused-ring (bicyclic) bond motifs is 2. The largest absolute Gasteiger partial charge is 0.506 e. The van der Waals surface area contributed by atoms with E-state index in [0.717, 1.165) is 28.3 Å². The van der Waals surface area contributed by atoms with Crippen LogP contribution in [0.3, 0.4) is 0 Å². The second-order valence-electron chi connectivity index (χ2n) is 7.49. The Morgan fingerprint density at radius 1 is 1.10 bits per heavy atom. The number of benzene rings is 2. The summed E-state index contributed by atoms with van der Waals surface area (Å²) in [6.07, 6.45) is 0.606. The molecule has 2 aliphatic rings. The number of aromatic hydroxyl groups is 1. The number of phenolic OH excluding ortho intramolecular Hbond substituents is 1. The second kappa shape index (κ2) is 6.27. The first-order valence-electron chi connectivity index (χ1n) is 9.42. The molecule has 1 atom stereocenters. The van der Waals surface area contributed by atoms with Gasteiger partial charge in [-0.3, -0.25) is 0 Å². The maximum absolute atomic E-state index is 12.0. The minimum absolute atomic E-state index is 0.0365. The van der Waals surface area contributed by atoms with Crippen molar-refractivity contribution in [2.75, 3.05) is 6.79 Å². The Morgan fingerprint density at radius 2 is 1.90 bits per heavy atom. The highest BCUT2D eigenvalue weighted by Gasteiger charge is 2.27. The van der Waals surface area contributed by atoms with Crippen molar-refractivity contribution in [3.8, 4) is 17.2 Å². The summed E-state index contributed by atoms with van der Waals surface area (Å²) < 4.78 is 16.2. The maximum atomic E-state index is 12.0. The Labute approximate surface area is 166 Å². The molecule has 1 aromatic heterocycles. The third-order valence-corrected chi connectivity index (χ3v) is 5.75. The molecule has 0 unspecified atom stereocenters. The van der Waals surface area contributed by atoms with Gasteiger partial charge in [0.05, 0.1) is 17.1 Å². The highest BCUT2D eigenvalue weighted by molar-refractivity contribution is 6.09. The van der Waals surface area contributed by atoms with Crippen LogP contribution in [0.5, 0.6) is 17.2 Å². The minimum Gasteiger partial charge on any atom is -0.506 e. The summed E-state index contributed by atoms with van der Waals surface area (Å²) in [5.74, 6) is 1.56. The SMILES string of the molecule is Cc1cc2oc(=O)c(C)c(C)c2c(O)c1C1=NN[C@@H](c2ccc3c(c2)OCO3)C1. The molecular weight excluding hydrogens is 372 g/mol. The number of aryl methyl sites for hydroxylation is 2. The third-order valence-electron chi connectivity index (χ3n) is 5.75. The number of nitrogens with zero attached hydrogens (tertiary/aromatic N) is 1. The molecule has 0 fully saturated rings. The quantitative estimate of drug-likeness (QED) is 0.648. The lowest BCUT2D eigenvalue weighted by Crippen LogP contribution is -2.10. The van der Waals surface area contributed by atoms with Crippen molar-refractivity contribution >= 4 is 16.7 Å². The Hall–Kier alpha value is -3.48. The van der Waals surface area contributed by atoms with Crippen LogP contribution in [-0.4, -0.2) is 17.6 Å². The Bertz CT molecular complexity index is 1260. The zero-order valence-electron chi connectivity index (χ0n) is 16.3. The van der Waals surface area contributed by atoms with Gasteiger partial charge in [-0.1, -0.05) is 6.07 Å². The first-order valence-corrected chi connectivity index (χ1v) is 9.42. The van der Waals surface area contributed by atoms with Gasteiger partial charge in [0.25, 0.3) is 0 Å². The van der Waals surface area contributed by atoms with Gasteiger partial charge >= 0.3 is 5.63 Å². The van der Waals surface area contributed by atoms with Gasteiger partial charge < -0.3 is 24.4 Å². The molecule has 0 saturated carbocycles. The fraction of sp³-hybridized carbons (Fsp3) is 0.273. The summed E-state index contributed by atoms with van der Waals surface area (Å²) in [7, 11) is 0. The van der Waals surface area contributed by atoms with E-state index in [1.54, 1.807) is 13.0 Å². The van der Waals surface area contributed by atoms with E-state index in [-0.39, 0.29) is 24.2 Å². The van der Waals surface area contributed by atoms with Crippen LogP contribution in [0.4, 0.5) is 0 Å². The van der Waals surface area contributed by atoms with E-state index in [9.17, 15) is 9.90 Å². The van der Waals surface area contributed by atoms with E-state index in [0.29, 0.717) is 34.1 Å². The number of nitrogens with one attached hydrogen (secondary N) is 1. The number of phenols is 1. The lowest BCUT2D eigenvalue weighted by atomic mass is 9.93. The molecule has 0 aliphatic carbocycles. The van der Waals surface area contributed by atoms with Crippen molar-refractivity contribution in [2.45, 2.75) is 33.2 Å². The smallest absolute Gasteiger partial charge is 0.339 e. The van der Waals surface area contributed by atoms with Crippen LogP contribution in [0.1, 0.15) is 40.3 Å². The van der Waals surface area contributed by atoms with Gasteiger partial charge in [0.15, 0.2) is 11.5 Å². The lowest BCUT2D eigenvalue weighted by molar-refractivity contribution is 0.174. The summed E-state index contributed by atoms with van der Waals surface area (Å²) in [5, 5.41) is 16.1. The normalized spacial score (nSPS) is 17.5. The van der Waals surface area contributed by atoms with Crippen molar-refractivity contribution in [1.29, 1.82) is 0 Å².